The average molecular weight is 320 g/mol. The van der Waals surface area contributed by atoms with Crippen molar-refractivity contribution in [1.82, 2.24) is 14.8 Å². The Morgan fingerprint density at radius 2 is 1.96 bits per heavy atom. The summed E-state index contributed by atoms with van der Waals surface area (Å²) in [4.78, 5) is 16.4. The van der Waals surface area contributed by atoms with E-state index in [9.17, 15) is 4.79 Å². The largest absolute Gasteiger partial charge is 0.317 e. The van der Waals surface area contributed by atoms with Crippen LogP contribution in [-0.2, 0) is 6.54 Å². The number of amides is 1. The number of aryl methyl sites for hydroxylation is 2. The van der Waals surface area contributed by atoms with Gasteiger partial charge in [-0.2, -0.15) is 5.10 Å². The van der Waals surface area contributed by atoms with Crippen molar-refractivity contribution >= 4 is 11.6 Å². The van der Waals surface area contributed by atoms with Crippen LogP contribution in [0.4, 0.5) is 5.69 Å². The second kappa shape index (κ2) is 6.66. The zero-order chi connectivity index (χ0) is 17.1. The van der Waals surface area contributed by atoms with E-state index in [1.54, 1.807) is 24.4 Å². The van der Waals surface area contributed by atoms with Gasteiger partial charge in [0.05, 0.1) is 23.6 Å². The molecule has 1 aromatic carbocycles. The smallest absolute Gasteiger partial charge is 0.274 e. The van der Waals surface area contributed by atoms with Crippen LogP contribution < -0.4 is 5.32 Å². The molecule has 0 bridgehead atoms. The lowest BCUT2D eigenvalue weighted by atomic mass is 10.1. The van der Waals surface area contributed by atoms with Crippen molar-refractivity contribution < 1.29 is 4.79 Å². The van der Waals surface area contributed by atoms with Gasteiger partial charge in [-0.25, -0.2) is 0 Å². The fourth-order valence-electron chi connectivity index (χ4n) is 2.69. The van der Waals surface area contributed by atoms with Gasteiger partial charge >= 0.3 is 0 Å². The molecule has 0 aliphatic carbocycles. The first-order valence-corrected chi connectivity index (χ1v) is 7.86. The normalized spacial score (nSPS) is 10.6. The van der Waals surface area contributed by atoms with Crippen LogP contribution in [0.2, 0.25) is 0 Å². The number of aromatic nitrogens is 3. The molecule has 3 rings (SSSR count). The number of hydrogen-bond donors (Lipinski definition) is 1. The SMILES string of the molecule is Cc1cccc(Cn2nc(C)c(NC(=O)c3ccccn3)c2C)c1. The van der Waals surface area contributed by atoms with Crippen molar-refractivity contribution in [2.75, 3.05) is 5.32 Å². The zero-order valence-corrected chi connectivity index (χ0v) is 14.1. The quantitative estimate of drug-likeness (QED) is 0.800. The first-order valence-electron chi connectivity index (χ1n) is 7.86. The molecular weight excluding hydrogens is 300 g/mol. The van der Waals surface area contributed by atoms with E-state index < -0.39 is 0 Å². The van der Waals surface area contributed by atoms with E-state index >= 15 is 0 Å². The summed E-state index contributed by atoms with van der Waals surface area (Å²) in [6, 6.07) is 13.6. The number of carbonyl (C=O) groups excluding carboxylic acids is 1. The number of nitrogens with one attached hydrogen (secondary N) is 1. The van der Waals surface area contributed by atoms with Gasteiger partial charge in [0.1, 0.15) is 5.69 Å². The van der Waals surface area contributed by atoms with Gasteiger partial charge in [0.25, 0.3) is 5.91 Å². The Balaban J connectivity index is 1.83. The summed E-state index contributed by atoms with van der Waals surface area (Å²) in [5.74, 6) is -0.225. The number of rotatable bonds is 4. The maximum Gasteiger partial charge on any atom is 0.274 e. The van der Waals surface area contributed by atoms with Crippen LogP contribution in [0.5, 0.6) is 0 Å². The summed E-state index contributed by atoms with van der Waals surface area (Å²) in [5, 5.41) is 7.49. The van der Waals surface area contributed by atoms with Gasteiger partial charge in [0, 0.05) is 6.20 Å². The van der Waals surface area contributed by atoms with Gasteiger partial charge in [-0.1, -0.05) is 35.9 Å². The molecule has 1 N–H and O–H groups in total. The minimum absolute atomic E-state index is 0.225. The highest BCUT2D eigenvalue weighted by Crippen LogP contribution is 2.21. The number of pyridine rings is 1. The third-order valence-electron chi connectivity index (χ3n) is 3.93. The summed E-state index contributed by atoms with van der Waals surface area (Å²) in [6.07, 6.45) is 1.61. The molecule has 5 nitrogen and oxygen atoms in total. The average Bonchev–Trinajstić information content (AvgIpc) is 2.83. The molecule has 0 fully saturated rings. The van der Waals surface area contributed by atoms with Crippen molar-refractivity contribution in [1.29, 1.82) is 0 Å². The van der Waals surface area contributed by atoms with Crippen molar-refractivity contribution in [2.45, 2.75) is 27.3 Å². The second-order valence-corrected chi connectivity index (χ2v) is 5.86. The predicted octanol–water partition coefficient (Wildman–Crippen LogP) is 3.50. The number of benzene rings is 1. The molecule has 24 heavy (non-hydrogen) atoms. The highest BCUT2D eigenvalue weighted by Gasteiger charge is 2.16. The maximum atomic E-state index is 12.3. The zero-order valence-electron chi connectivity index (χ0n) is 14.1. The van der Waals surface area contributed by atoms with E-state index in [-0.39, 0.29) is 5.91 Å². The third kappa shape index (κ3) is 3.35. The summed E-state index contributed by atoms with van der Waals surface area (Å²) in [5.41, 5.74) is 5.27. The van der Waals surface area contributed by atoms with Gasteiger partial charge in [0.2, 0.25) is 0 Å². The van der Waals surface area contributed by atoms with Gasteiger partial charge in [0.15, 0.2) is 0 Å². The van der Waals surface area contributed by atoms with E-state index in [4.69, 9.17) is 0 Å². The minimum atomic E-state index is -0.225. The van der Waals surface area contributed by atoms with Crippen LogP contribution in [0, 0.1) is 20.8 Å². The van der Waals surface area contributed by atoms with Crippen molar-refractivity contribution in [2.24, 2.45) is 0 Å². The molecule has 0 aliphatic heterocycles. The van der Waals surface area contributed by atoms with Crippen molar-refractivity contribution in [3.05, 3.63) is 76.9 Å². The van der Waals surface area contributed by atoms with Gasteiger partial charge in [-0.3, -0.25) is 14.5 Å². The molecule has 2 aromatic heterocycles. The number of hydrogen-bond acceptors (Lipinski definition) is 3. The maximum absolute atomic E-state index is 12.3. The van der Waals surface area contributed by atoms with E-state index in [0.29, 0.717) is 12.2 Å². The third-order valence-corrected chi connectivity index (χ3v) is 3.93. The molecule has 0 unspecified atom stereocenters. The van der Waals surface area contributed by atoms with Crippen LogP contribution in [0.15, 0.2) is 48.7 Å². The van der Waals surface area contributed by atoms with E-state index in [0.717, 1.165) is 17.1 Å². The standard InChI is InChI=1S/C19H20N4O/c1-13-7-6-8-16(11-13)12-23-15(3)18(14(2)22-23)21-19(24)17-9-4-5-10-20-17/h4-11H,12H2,1-3H3,(H,21,24). The minimum Gasteiger partial charge on any atom is -0.317 e. The molecule has 0 aliphatic rings. The lowest BCUT2D eigenvalue weighted by molar-refractivity contribution is 0.102. The number of nitrogens with zero attached hydrogens (tertiary/aromatic N) is 3. The molecule has 5 heteroatoms. The van der Waals surface area contributed by atoms with E-state index in [1.165, 1.54) is 11.1 Å². The Hall–Kier alpha value is -2.95. The van der Waals surface area contributed by atoms with Crippen LogP contribution in [-0.4, -0.2) is 20.7 Å². The highest BCUT2D eigenvalue weighted by molar-refractivity contribution is 6.03. The molecule has 0 spiro atoms. The van der Waals surface area contributed by atoms with Crippen LogP contribution in [0.1, 0.15) is 33.0 Å². The van der Waals surface area contributed by atoms with E-state index in [1.807, 2.05) is 24.6 Å². The lowest BCUT2D eigenvalue weighted by Gasteiger charge is -2.07. The second-order valence-electron chi connectivity index (χ2n) is 5.86. The molecule has 0 saturated heterocycles. The summed E-state index contributed by atoms with van der Waals surface area (Å²) < 4.78 is 1.91. The highest BCUT2D eigenvalue weighted by atomic mass is 16.1. The van der Waals surface area contributed by atoms with Crippen LogP contribution >= 0.6 is 0 Å². The number of anilines is 1. The monoisotopic (exact) mass is 320 g/mol. The van der Waals surface area contributed by atoms with Crippen LogP contribution in [0.3, 0.4) is 0 Å². The Kier molecular flexibility index (Phi) is 4.42. The van der Waals surface area contributed by atoms with Gasteiger partial charge < -0.3 is 5.32 Å². The summed E-state index contributed by atoms with van der Waals surface area (Å²) >= 11 is 0. The first-order chi connectivity index (χ1) is 11.5. The molecule has 0 saturated carbocycles. The fourth-order valence-corrected chi connectivity index (χ4v) is 2.69. The summed E-state index contributed by atoms with van der Waals surface area (Å²) in [6.45, 7) is 6.61. The Morgan fingerprint density at radius 1 is 1.12 bits per heavy atom. The van der Waals surface area contributed by atoms with Gasteiger partial charge in [-0.05, 0) is 38.5 Å². The van der Waals surface area contributed by atoms with Gasteiger partial charge in [-0.15, -0.1) is 0 Å². The molecule has 2 heterocycles. The predicted molar refractivity (Wildman–Crippen MR) is 94.2 cm³/mol. The Labute approximate surface area is 141 Å². The fraction of sp³-hybridized carbons (Fsp3) is 0.211. The summed E-state index contributed by atoms with van der Waals surface area (Å²) in [7, 11) is 0. The number of carbonyl (C=O) groups is 1. The molecule has 3 aromatic rings. The molecule has 0 atom stereocenters. The van der Waals surface area contributed by atoms with Crippen molar-refractivity contribution in [3.63, 3.8) is 0 Å². The molecule has 1 amide bonds. The van der Waals surface area contributed by atoms with Crippen LogP contribution in [0.25, 0.3) is 0 Å². The topological polar surface area (TPSA) is 59.8 Å². The first kappa shape index (κ1) is 15.9. The molecule has 0 radical (unpaired) electrons. The van der Waals surface area contributed by atoms with E-state index in [2.05, 4.69) is 40.5 Å². The Bertz CT molecular complexity index is 868. The Morgan fingerprint density at radius 3 is 2.67 bits per heavy atom. The lowest BCUT2D eigenvalue weighted by Crippen LogP contribution is -2.14. The molecule has 122 valence electrons. The molecular formula is C19H20N4O. The van der Waals surface area contributed by atoms with Crippen molar-refractivity contribution in [3.8, 4) is 0 Å².